The maximum atomic E-state index is 11.6. The Labute approximate surface area is 159 Å². The number of nitrogens with one attached hydrogen (secondary N) is 2. The van der Waals surface area contributed by atoms with Crippen LogP contribution < -0.4 is 10.6 Å². The molecular formula is C20H39N5O. The quantitative estimate of drug-likeness (QED) is 0.354. The minimum absolute atomic E-state index is 0.307. The largest absolute Gasteiger partial charge is 0.357 e. The van der Waals surface area contributed by atoms with Gasteiger partial charge in [-0.15, -0.1) is 0 Å². The van der Waals surface area contributed by atoms with E-state index in [-0.39, 0.29) is 0 Å². The lowest BCUT2D eigenvalue weighted by atomic mass is 9.94. The Hall–Kier alpha value is -1.30. The number of rotatable bonds is 10. The Balaban J connectivity index is 1.59. The lowest BCUT2D eigenvalue weighted by Gasteiger charge is -2.31. The van der Waals surface area contributed by atoms with Gasteiger partial charge in [0, 0.05) is 45.2 Å². The fraction of sp³-hybridized carbons (Fsp3) is 0.900. The van der Waals surface area contributed by atoms with Crippen LogP contribution in [-0.2, 0) is 4.79 Å². The van der Waals surface area contributed by atoms with Gasteiger partial charge in [0.2, 0.25) is 5.91 Å². The van der Waals surface area contributed by atoms with E-state index in [0.29, 0.717) is 5.91 Å². The molecule has 0 atom stereocenters. The van der Waals surface area contributed by atoms with Crippen LogP contribution in [0.15, 0.2) is 4.99 Å². The molecule has 6 heteroatoms. The number of nitrogens with zero attached hydrogens (tertiary/aromatic N) is 3. The predicted octanol–water partition coefficient (Wildman–Crippen LogP) is 2.21. The molecule has 1 heterocycles. The van der Waals surface area contributed by atoms with Crippen molar-refractivity contribution in [2.24, 2.45) is 4.99 Å². The van der Waals surface area contributed by atoms with E-state index in [2.05, 4.69) is 34.5 Å². The zero-order valence-corrected chi connectivity index (χ0v) is 16.9. The van der Waals surface area contributed by atoms with Crippen LogP contribution in [0.3, 0.4) is 0 Å². The van der Waals surface area contributed by atoms with Gasteiger partial charge in [0.15, 0.2) is 5.96 Å². The van der Waals surface area contributed by atoms with Crippen LogP contribution in [0.2, 0.25) is 0 Å². The molecule has 1 saturated carbocycles. The molecule has 150 valence electrons. The van der Waals surface area contributed by atoms with E-state index in [1.54, 1.807) is 0 Å². The van der Waals surface area contributed by atoms with Gasteiger partial charge in [0.25, 0.3) is 0 Å². The lowest BCUT2D eigenvalue weighted by molar-refractivity contribution is -0.127. The Morgan fingerprint density at radius 2 is 2.00 bits per heavy atom. The van der Waals surface area contributed by atoms with Crippen LogP contribution in [0.25, 0.3) is 0 Å². The molecule has 0 spiro atoms. The summed E-state index contributed by atoms with van der Waals surface area (Å²) >= 11 is 0. The first-order valence-electron chi connectivity index (χ1n) is 10.7. The highest BCUT2D eigenvalue weighted by Gasteiger charge is 2.19. The summed E-state index contributed by atoms with van der Waals surface area (Å²) in [5.74, 6) is 1.21. The van der Waals surface area contributed by atoms with Gasteiger partial charge in [-0.3, -0.25) is 9.79 Å². The second kappa shape index (κ2) is 12.2. The van der Waals surface area contributed by atoms with Crippen LogP contribution in [0.5, 0.6) is 0 Å². The average Bonchev–Trinajstić information content (AvgIpc) is 3.07. The van der Waals surface area contributed by atoms with E-state index >= 15 is 0 Å². The summed E-state index contributed by atoms with van der Waals surface area (Å²) in [6.07, 6.45) is 10.8. The predicted molar refractivity (Wildman–Crippen MR) is 109 cm³/mol. The highest BCUT2D eigenvalue weighted by atomic mass is 16.2. The normalized spacial score (nSPS) is 19.4. The average molecular weight is 366 g/mol. The number of amides is 1. The molecule has 0 aromatic heterocycles. The smallest absolute Gasteiger partial charge is 0.222 e. The number of likely N-dealkylation sites (tertiary alicyclic amines) is 1. The molecule has 0 radical (unpaired) electrons. The standard InChI is InChI=1S/C20H39N5O/c1-3-21-20(23-14-9-17-25-16-7-12-19(25)26)22-13-8-15-24(2)18-10-5-4-6-11-18/h18H,3-17H2,1-2H3,(H2,21,22,23). The molecular weight excluding hydrogens is 326 g/mol. The van der Waals surface area contributed by atoms with Crippen molar-refractivity contribution in [1.29, 1.82) is 0 Å². The molecule has 0 unspecified atom stereocenters. The topological polar surface area (TPSA) is 60.0 Å². The summed E-state index contributed by atoms with van der Waals surface area (Å²) in [4.78, 5) is 20.8. The number of aliphatic imine (C=N–C) groups is 1. The summed E-state index contributed by atoms with van der Waals surface area (Å²) in [6.45, 7) is 7.60. The van der Waals surface area contributed by atoms with Crippen molar-refractivity contribution in [3.05, 3.63) is 0 Å². The Bertz CT molecular complexity index is 434. The highest BCUT2D eigenvalue weighted by molar-refractivity contribution is 5.79. The van der Waals surface area contributed by atoms with Gasteiger partial charge in [0.1, 0.15) is 0 Å². The van der Waals surface area contributed by atoms with Crippen molar-refractivity contribution < 1.29 is 4.79 Å². The van der Waals surface area contributed by atoms with Crippen molar-refractivity contribution in [3.63, 3.8) is 0 Å². The minimum Gasteiger partial charge on any atom is -0.357 e. The molecule has 1 saturated heterocycles. The van der Waals surface area contributed by atoms with Gasteiger partial charge >= 0.3 is 0 Å². The second-order valence-corrected chi connectivity index (χ2v) is 7.65. The number of hydrogen-bond donors (Lipinski definition) is 2. The van der Waals surface area contributed by atoms with Crippen LogP contribution in [0.4, 0.5) is 0 Å². The van der Waals surface area contributed by atoms with Gasteiger partial charge in [-0.05, 0) is 52.6 Å². The van der Waals surface area contributed by atoms with E-state index < -0.39 is 0 Å². The van der Waals surface area contributed by atoms with Crippen molar-refractivity contribution >= 4 is 11.9 Å². The SMILES string of the molecule is CCNC(=NCCCN1CCCC1=O)NCCCN(C)C1CCCCC1. The van der Waals surface area contributed by atoms with Crippen molar-refractivity contribution in [2.75, 3.05) is 46.3 Å². The maximum Gasteiger partial charge on any atom is 0.222 e. The first-order valence-corrected chi connectivity index (χ1v) is 10.7. The molecule has 1 amide bonds. The third-order valence-corrected chi connectivity index (χ3v) is 5.55. The summed E-state index contributed by atoms with van der Waals surface area (Å²) in [5.41, 5.74) is 0. The van der Waals surface area contributed by atoms with Crippen molar-refractivity contribution in [2.45, 2.75) is 70.8 Å². The van der Waals surface area contributed by atoms with Crippen LogP contribution in [-0.4, -0.2) is 74.0 Å². The van der Waals surface area contributed by atoms with Crippen molar-refractivity contribution in [3.8, 4) is 0 Å². The maximum absolute atomic E-state index is 11.6. The van der Waals surface area contributed by atoms with Gasteiger partial charge in [-0.1, -0.05) is 19.3 Å². The van der Waals surface area contributed by atoms with E-state index in [1.807, 2.05) is 4.90 Å². The number of carbonyl (C=O) groups is 1. The summed E-state index contributed by atoms with van der Waals surface area (Å²) < 4.78 is 0. The molecule has 2 N–H and O–H groups in total. The molecule has 1 aliphatic carbocycles. The first kappa shape index (κ1) is 21.0. The van der Waals surface area contributed by atoms with Gasteiger partial charge < -0.3 is 20.4 Å². The molecule has 0 aromatic carbocycles. The Morgan fingerprint density at radius 3 is 2.69 bits per heavy atom. The molecule has 2 aliphatic rings. The zero-order chi connectivity index (χ0) is 18.6. The third-order valence-electron chi connectivity index (χ3n) is 5.55. The minimum atomic E-state index is 0.307. The third kappa shape index (κ3) is 7.52. The first-order chi connectivity index (χ1) is 12.7. The zero-order valence-electron chi connectivity index (χ0n) is 16.9. The van der Waals surface area contributed by atoms with Crippen molar-refractivity contribution in [1.82, 2.24) is 20.4 Å². The summed E-state index contributed by atoms with van der Waals surface area (Å²) in [6, 6.07) is 0.791. The molecule has 2 fully saturated rings. The number of guanidine groups is 1. The van der Waals surface area contributed by atoms with E-state index in [9.17, 15) is 4.79 Å². The van der Waals surface area contributed by atoms with Gasteiger partial charge in [-0.25, -0.2) is 0 Å². The molecule has 2 rings (SSSR count). The Morgan fingerprint density at radius 1 is 1.19 bits per heavy atom. The summed E-state index contributed by atoms with van der Waals surface area (Å²) in [7, 11) is 2.27. The van der Waals surface area contributed by atoms with E-state index in [4.69, 9.17) is 0 Å². The monoisotopic (exact) mass is 365 g/mol. The number of hydrogen-bond acceptors (Lipinski definition) is 3. The van der Waals surface area contributed by atoms with Crippen LogP contribution in [0, 0.1) is 0 Å². The molecule has 1 aliphatic heterocycles. The fourth-order valence-electron chi connectivity index (χ4n) is 3.97. The highest BCUT2D eigenvalue weighted by Crippen LogP contribution is 2.21. The molecule has 0 bridgehead atoms. The molecule has 0 aromatic rings. The summed E-state index contributed by atoms with van der Waals surface area (Å²) in [5, 5.41) is 6.76. The lowest BCUT2D eigenvalue weighted by Crippen LogP contribution is -2.40. The fourth-order valence-corrected chi connectivity index (χ4v) is 3.97. The second-order valence-electron chi connectivity index (χ2n) is 7.65. The van der Waals surface area contributed by atoms with Crippen LogP contribution in [0.1, 0.15) is 64.7 Å². The molecule has 26 heavy (non-hydrogen) atoms. The Kier molecular flexibility index (Phi) is 9.82. The van der Waals surface area contributed by atoms with E-state index in [0.717, 1.165) is 77.0 Å². The number of carbonyl (C=O) groups excluding carboxylic acids is 1. The molecule has 6 nitrogen and oxygen atoms in total. The van der Waals surface area contributed by atoms with Crippen LogP contribution >= 0.6 is 0 Å². The van der Waals surface area contributed by atoms with Gasteiger partial charge in [0.05, 0.1) is 0 Å². The van der Waals surface area contributed by atoms with E-state index in [1.165, 1.54) is 32.1 Å². The van der Waals surface area contributed by atoms with Gasteiger partial charge in [-0.2, -0.15) is 0 Å².